The molecule has 0 fully saturated rings. The number of nitro groups is 1. The molecule has 0 amide bonds. The van der Waals surface area contributed by atoms with Gasteiger partial charge in [0.05, 0.1) is 50.7 Å². The molecule has 2 aromatic carbocycles. The Labute approximate surface area is 262 Å². The minimum absolute atomic E-state index is 0.0928. The van der Waals surface area contributed by atoms with Crippen molar-refractivity contribution in [3.8, 4) is 17.2 Å². The zero-order valence-corrected chi connectivity index (χ0v) is 26.4. The van der Waals surface area contributed by atoms with E-state index in [2.05, 4.69) is 9.73 Å². The van der Waals surface area contributed by atoms with Gasteiger partial charge < -0.3 is 24.1 Å². The van der Waals surface area contributed by atoms with Gasteiger partial charge in [0.2, 0.25) is 5.75 Å². The second-order valence-corrected chi connectivity index (χ2v) is 11.1. The number of hydrogen-bond acceptors (Lipinski definition) is 12. The van der Waals surface area contributed by atoms with Crippen LogP contribution < -0.4 is 24.4 Å². The second-order valence-electron chi connectivity index (χ2n) is 8.93. The summed E-state index contributed by atoms with van der Waals surface area (Å²) >= 11 is 2.81. The number of hydrogen-bond donors (Lipinski definition) is 1. The van der Waals surface area contributed by atoms with E-state index in [1.165, 1.54) is 29.9 Å². The number of nitro benzene ring substituents is 1. The standard InChI is InChI=1S/C28H26IN3O10S/c1-5-40-20-12-16(7-8-19(20)42-13-22(33)39-4)24-23(27(36)41-6-2)14(3)30-28-31(24)26(35)21(43-28)11-15-9-17(29)25(34)18(10-15)32(37)38/h7-12,24,34H,5-6,13H2,1-4H3/b21-11-/t24-/m0/s1. The maximum absolute atomic E-state index is 13.9. The first kappa shape index (κ1) is 31.7. The van der Waals surface area contributed by atoms with Crippen LogP contribution in [0.3, 0.4) is 0 Å². The first-order chi connectivity index (χ1) is 20.5. The van der Waals surface area contributed by atoms with Gasteiger partial charge in [-0.1, -0.05) is 17.4 Å². The molecule has 0 saturated heterocycles. The van der Waals surface area contributed by atoms with Gasteiger partial charge in [-0.15, -0.1) is 0 Å². The summed E-state index contributed by atoms with van der Waals surface area (Å²) < 4.78 is 23.1. The molecular weight excluding hydrogens is 697 g/mol. The van der Waals surface area contributed by atoms with Crippen molar-refractivity contribution in [3.63, 3.8) is 0 Å². The van der Waals surface area contributed by atoms with Crippen molar-refractivity contribution in [3.05, 3.63) is 86.1 Å². The van der Waals surface area contributed by atoms with Gasteiger partial charge >= 0.3 is 17.6 Å². The molecule has 0 saturated carbocycles. The average molecular weight is 723 g/mol. The number of halogens is 1. The topological polar surface area (TPSA) is 169 Å². The largest absolute Gasteiger partial charge is 0.501 e. The molecule has 1 atom stereocenters. The van der Waals surface area contributed by atoms with E-state index in [-0.39, 0.29) is 45.0 Å². The number of phenols is 1. The molecule has 0 bridgehead atoms. The first-order valence-electron chi connectivity index (χ1n) is 12.8. The molecule has 0 aliphatic carbocycles. The van der Waals surface area contributed by atoms with Crippen molar-refractivity contribution in [1.82, 2.24) is 4.57 Å². The van der Waals surface area contributed by atoms with E-state index in [1.807, 2.05) is 0 Å². The van der Waals surface area contributed by atoms with Crippen LogP contribution in [0.1, 0.15) is 37.9 Å². The summed E-state index contributed by atoms with van der Waals surface area (Å²) in [5, 5.41) is 21.5. The van der Waals surface area contributed by atoms with Crippen LogP contribution >= 0.6 is 33.9 Å². The number of allylic oxidation sites excluding steroid dienone is 1. The van der Waals surface area contributed by atoms with E-state index in [9.17, 15) is 29.6 Å². The molecule has 4 rings (SSSR count). The highest BCUT2D eigenvalue weighted by molar-refractivity contribution is 14.1. The Morgan fingerprint density at radius 1 is 1.19 bits per heavy atom. The number of ether oxygens (including phenoxy) is 4. The van der Waals surface area contributed by atoms with Crippen molar-refractivity contribution < 1.29 is 38.6 Å². The molecule has 0 radical (unpaired) electrons. The molecule has 0 unspecified atom stereocenters. The molecule has 1 N–H and O–H groups in total. The maximum atomic E-state index is 13.9. The molecule has 1 aliphatic rings. The third kappa shape index (κ3) is 6.56. The lowest BCUT2D eigenvalue weighted by Gasteiger charge is -2.25. The monoisotopic (exact) mass is 723 g/mol. The number of rotatable bonds is 10. The average Bonchev–Trinajstić information content (AvgIpc) is 3.27. The van der Waals surface area contributed by atoms with Crippen LogP contribution in [0.25, 0.3) is 6.08 Å². The van der Waals surface area contributed by atoms with Crippen LogP contribution in [-0.4, -0.2) is 53.5 Å². The van der Waals surface area contributed by atoms with Crippen molar-refractivity contribution >= 4 is 57.6 Å². The summed E-state index contributed by atoms with van der Waals surface area (Å²) in [4.78, 5) is 54.3. The number of esters is 2. The Kier molecular flexibility index (Phi) is 9.85. The number of carbonyl (C=O) groups excluding carboxylic acids is 2. The van der Waals surface area contributed by atoms with Crippen molar-refractivity contribution in [2.45, 2.75) is 26.8 Å². The Morgan fingerprint density at radius 2 is 1.93 bits per heavy atom. The first-order valence-corrected chi connectivity index (χ1v) is 14.7. The minimum Gasteiger partial charge on any atom is -0.501 e. The zero-order valence-electron chi connectivity index (χ0n) is 23.4. The molecule has 2 heterocycles. The van der Waals surface area contributed by atoms with Crippen LogP contribution in [-0.2, 0) is 19.1 Å². The fourth-order valence-corrected chi connectivity index (χ4v) is 6.05. The van der Waals surface area contributed by atoms with Gasteiger partial charge in [0.1, 0.15) is 0 Å². The fraction of sp³-hybridized carbons (Fsp3) is 0.286. The summed E-state index contributed by atoms with van der Waals surface area (Å²) in [6.07, 6.45) is 1.47. The Balaban J connectivity index is 1.93. The molecule has 13 nitrogen and oxygen atoms in total. The Hall–Kier alpha value is -4.25. The zero-order chi connectivity index (χ0) is 31.4. The Bertz CT molecular complexity index is 1830. The third-order valence-electron chi connectivity index (χ3n) is 6.23. The van der Waals surface area contributed by atoms with Gasteiger partial charge in [0, 0.05) is 6.07 Å². The highest BCUT2D eigenvalue weighted by Crippen LogP contribution is 2.37. The summed E-state index contributed by atoms with van der Waals surface area (Å²) in [6, 6.07) is 6.52. The highest BCUT2D eigenvalue weighted by atomic mass is 127. The second kappa shape index (κ2) is 13.4. The quantitative estimate of drug-likeness (QED) is 0.142. The van der Waals surface area contributed by atoms with Crippen molar-refractivity contribution in [2.75, 3.05) is 26.9 Å². The van der Waals surface area contributed by atoms with Crippen LogP contribution in [0.2, 0.25) is 0 Å². The van der Waals surface area contributed by atoms with Gasteiger partial charge in [0.15, 0.2) is 22.9 Å². The number of methoxy groups -OCH3 is 1. The number of carbonyl (C=O) groups is 2. The van der Waals surface area contributed by atoms with E-state index >= 15 is 0 Å². The van der Waals surface area contributed by atoms with E-state index < -0.39 is 39.9 Å². The number of aromatic nitrogens is 1. The van der Waals surface area contributed by atoms with Crippen molar-refractivity contribution in [2.24, 2.45) is 4.99 Å². The minimum atomic E-state index is -0.972. The lowest BCUT2D eigenvalue weighted by molar-refractivity contribution is -0.386. The molecule has 1 aliphatic heterocycles. The van der Waals surface area contributed by atoms with Crippen LogP contribution in [0.5, 0.6) is 17.2 Å². The van der Waals surface area contributed by atoms with Gasteiger partial charge in [0.25, 0.3) is 5.56 Å². The lowest BCUT2D eigenvalue weighted by atomic mass is 9.95. The van der Waals surface area contributed by atoms with Gasteiger partial charge in [-0.3, -0.25) is 19.5 Å². The predicted octanol–water partition coefficient (Wildman–Crippen LogP) is 2.97. The van der Waals surface area contributed by atoms with E-state index in [1.54, 1.807) is 61.6 Å². The smallest absolute Gasteiger partial charge is 0.343 e. The van der Waals surface area contributed by atoms with Crippen LogP contribution in [0.15, 0.2) is 51.4 Å². The third-order valence-corrected chi connectivity index (χ3v) is 8.04. The molecule has 226 valence electrons. The molecule has 3 aromatic rings. The summed E-state index contributed by atoms with van der Waals surface area (Å²) in [7, 11) is 1.24. The van der Waals surface area contributed by atoms with E-state index in [0.717, 1.165) is 11.3 Å². The SMILES string of the molecule is CCOC(=O)C1=C(C)N=c2s/c(=C\c3cc(I)c(O)c([N+](=O)[O-])c3)c(=O)n2[C@H]1c1ccc(OCC(=O)OC)c(OCC)c1. The maximum Gasteiger partial charge on any atom is 0.343 e. The number of aromatic hydroxyl groups is 1. The Morgan fingerprint density at radius 3 is 2.58 bits per heavy atom. The molecule has 0 spiro atoms. The fourth-order valence-electron chi connectivity index (χ4n) is 4.36. The van der Waals surface area contributed by atoms with Crippen LogP contribution in [0.4, 0.5) is 5.69 Å². The number of thiazole rings is 1. The van der Waals surface area contributed by atoms with Gasteiger partial charge in [-0.05, 0) is 78.8 Å². The summed E-state index contributed by atoms with van der Waals surface area (Å²) in [5.74, 6) is -1.19. The molecule has 1 aromatic heterocycles. The normalized spacial score (nSPS) is 14.5. The van der Waals surface area contributed by atoms with Gasteiger partial charge in [-0.25, -0.2) is 14.6 Å². The summed E-state index contributed by atoms with van der Waals surface area (Å²) in [5.41, 5.74) is 0.285. The van der Waals surface area contributed by atoms with Crippen LogP contribution in [0, 0.1) is 13.7 Å². The number of fused-ring (bicyclic) bond motifs is 1. The van der Waals surface area contributed by atoms with Crippen molar-refractivity contribution in [1.29, 1.82) is 0 Å². The predicted molar refractivity (Wildman–Crippen MR) is 163 cm³/mol. The van der Waals surface area contributed by atoms with E-state index in [0.29, 0.717) is 21.6 Å². The number of benzene rings is 2. The molecular formula is C28H26IN3O10S. The number of phenolic OH excluding ortho intramolecular Hbond substituents is 1. The van der Waals surface area contributed by atoms with E-state index in [4.69, 9.17) is 14.2 Å². The molecule has 43 heavy (non-hydrogen) atoms. The lowest BCUT2D eigenvalue weighted by Crippen LogP contribution is -2.40. The molecule has 15 heteroatoms. The highest BCUT2D eigenvalue weighted by Gasteiger charge is 2.34. The number of nitrogens with zero attached hydrogens (tertiary/aromatic N) is 3. The summed E-state index contributed by atoms with van der Waals surface area (Å²) in [6.45, 7) is 5.07. The van der Waals surface area contributed by atoms with Gasteiger partial charge in [-0.2, -0.15) is 0 Å².